The molecular formula is C58H97N2O7P. The minimum Gasteiger partial charge on any atom is -0.756 e. The number of ether oxygens (including phenoxy) is 1. The van der Waals surface area contributed by atoms with E-state index >= 15 is 0 Å². The largest absolute Gasteiger partial charge is 0.756 e. The molecule has 0 saturated carbocycles. The van der Waals surface area contributed by atoms with Crippen LogP contribution in [0.4, 0.5) is 0 Å². The van der Waals surface area contributed by atoms with Gasteiger partial charge in [-0.05, 0) is 83.1 Å². The molecule has 0 aliphatic heterocycles. The maximum absolute atomic E-state index is 13.4. The van der Waals surface area contributed by atoms with E-state index in [2.05, 4.69) is 74.7 Å². The number of hydrogen-bond acceptors (Lipinski definition) is 7. The van der Waals surface area contributed by atoms with Crippen molar-refractivity contribution in [2.75, 3.05) is 40.9 Å². The Morgan fingerprint density at radius 1 is 0.544 bits per heavy atom. The summed E-state index contributed by atoms with van der Waals surface area (Å²) in [6.45, 7) is 6.48. The molecule has 68 heavy (non-hydrogen) atoms. The first kappa shape index (κ1) is 64.4. The third kappa shape index (κ3) is 47.5. The highest BCUT2D eigenvalue weighted by atomic mass is 31.2. The minimum absolute atomic E-state index is 0.0419. The molecule has 0 fully saturated rings. The predicted octanol–water partition coefficient (Wildman–Crippen LogP) is 15.0. The first-order chi connectivity index (χ1) is 32.9. The van der Waals surface area contributed by atoms with Crippen LogP contribution in [-0.4, -0.2) is 69.4 Å². The van der Waals surface area contributed by atoms with E-state index in [0.717, 1.165) is 89.9 Å². The Balaban J connectivity index is 5.54. The number of allylic oxidation sites excluding steroid dienone is 19. The second-order valence-electron chi connectivity index (χ2n) is 18.4. The van der Waals surface area contributed by atoms with Gasteiger partial charge in [-0.1, -0.05) is 207 Å². The van der Waals surface area contributed by atoms with Crippen LogP contribution in [0, 0.1) is 0 Å². The molecule has 0 aromatic rings. The summed E-state index contributed by atoms with van der Waals surface area (Å²) < 4.78 is 30.1. The van der Waals surface area contributed by atoms with E-state index in [1.165, 1.54) is 44.9 Å². The van der Waals surface area contributed by atoms with Crippen LogP contribution in [0.3, 0.4) is 0 Å². The zero-order valence-corrected chi connectivity index (χ0v) is 44.6. The van der Waals surface area contributed by atoms with Gasteiger partial charge < -0.3 is 28.5 Å². The number of carbonyl (C=O) groups excluding carboxylic acids is 2. The van der Waals surface area contributed by atoms with Crippen molar-refractivity contribution in [2.24, 2.45) is 0 Å². The lowest BCUT2D eigenvalue weighted by Gasteiger charge is -2.30. The van der Waals surface area contributed by atoms with Gasteiger partial charge in [-0.25, -0.2) is 0 Å². The third-order valence-electron chi connectivity index (χ3n) is 10.8. The van der Waals surface area contributed by atoms with Gasteiger partial charge in [0, 0.05) is 12.8 Å². The molecule has 10 heteroatoms. The number of unbranched alkanes of at least 4 members (excludes halogenated alkanes) is 16. The number of likely N-dealkylation sites (N-methyl/N-ethyl adjacent to an activating group) is 1. The summed E-state index contributed by atoms with van der Waals surface area (Å²) in [5.74, 6) is -0.633. The van der Waals surface area contributed by atoms with Crippen LogP contribution in [0.15, 0.2) is 122 Å². The van der Waals surface area contributed by atoms with E-state index in [4.69, 9.17) is 13.8 Å². The second kappa shape index (κ2) is 47.1. The average molecular weight is 965 g/mol. The highest BCUT2D eigenvalue weighted by molar-refractivity contribution is 7.45. The van der Waals surface area contributed by atoms with E-state index in [-0.39, 0.29) is 25.4 Å². The van der Waals surface area contributed by atoms with Crippen LogP contribution in [0.5, 0.6) is 0 Å². The molecule has 0 bridgehead atoms. The molecule has 1 amide bonds. The summed E-state index contributed by atoms with van der Waals surface area (Å²) in [5.41, 5.74) is 0. The van der Waals surface area contributed by atoms with Gasteiger partial charge in [-0.2, -0.15) is 0 Å². The van der Waals surface area contributed by atoms with E-state index in [1.807, 2.05) is 88.0 Å². The summed E-state index contributed by atoms with van der Waals surface area (Å²) in [7, 11) is 1.12. The fourth-order valence-corrected chi connectivity index (χ4v) is 7.46. The van der Waals surface area contributed by atoms with Crippen LogP contribution in [0.25, 0.3) is 0 Å². The monoisotopic (exact) mass is 965 g/mol. The van der Waals surface area contributed by atoms with Crippen LogP contribution >= 0.6 is 7.82 Å². The summed E-state index contributed by atoms with van der Waals surface area (Å²) in [4.78, 5) is 39.7. The van der Waals surface area contributed by atoms with E-state index in [0.29, 0.717) is 23.9 Å². The van der Waals surface area contributed by atoms with Crippen molar-refractivity contribution < 1.29 is 37.3 Å². The summed E-state index contributed by atoms with van der Waals surface area (Å²) in [6, 6.07) is -0.925. The van der Waals surface area contributed by atoms with Crippen molar-refractivity contribution in [3.8, 4) is 0 Å². The minimum atomic E-state index is -4.71. The van der Waals surface area contributed by atoms with Gasteiger partial charge in [0.2, 0.25) is 5.91 Å². The normalized spacial score (nSPS) is 14.9. The number of rotatable bonds is 45. The quantitative estimate of drug-likeness (QED) is 0.0161. The maximum Gasteiger partial charge on any atom is 0.306 e. The van der Waals surface area contributed by atoms with Gasteiger partial charge in [0.05, 0.1) is 33.8 Å². The Morgan fingerprint density at radius 3 is 1.60 bits per heavy atom. The third-order valence-corrected chi connectivity index (χ3v) is 11.8. The van der Waals surface area contributed by atoms with Crippen molar-refractivity contribution in [2.45, 2.75) is 193 Å². The Kier molecular flexibility index (Phi) is 44.6. The number of phosphoric acid groups is 1. The van der Waals surface area contributed by atoms with Gasteiger partial charge in [-0.3, -0.25) is 14.2 Å². The molecule has 9 nitrogen and oxygen atoms in total. The Bertz CT molecular complexity index is 1580. The lowest BCUT2D eigenvalue weighted by Crippen LogP contribution is -2.47. The Morgan fingerprint density at radius 2 is 1.01 bits per heavy atom. The zero-order chi connectivity index (χ0) is 50.1. The molecule has 0 rings (SSSR count). The highest BCUT2D eigenvalue weighted by Gasteiger charge is 2.27. The topological polar surface area (TPSA) is 114 Å². The number of amides is 1. The number of esters is 1. The van der Waals surface area contributed by atoms with Crippen LogP contribution in [0.2, 0.25) is 0 Å². The number of hydrogen-bond donors (Lipinski definition) is 1. The summed E-state index contributed by atoms with van der Waals surface area (Å²) >= 11 is 0. The number of quaternary nitrogens is 1. The van der Waals surface area contributed by atoms with Gasteiger partial charge in [-0.15, -0.1) is 0 Å². The number of nitrogens with zero attached hydrogens (tertiary/aromatic N) is 1. The molecule has 0 aliphatic rings. The smallest absolute Gasteiger partial charge is 0.306 e. The van der Waals surface area contributed by atoms with Crippen LogP contribution in [0.1, 0.15) is 181 Å². The lowest BCUT2D eigenvalue weighted by atomic mass is 10.1. The molecule has 3 unspecified atom stereocenters. The van der Waals surface area contributed by atoms with Gasteiger partial charge in [0.15, 0.2) is 0 Å². The van der Waals surface area contributed by atoms with Crippen molar-refractivity contribution >= 4 is 19.7 Å². The number of nitrogens with one attached hydrogen (secondary N) is 1. The number of phosphoric ester groups is 1. The summed E-state index contributed by atoms with van der Waals surface area (Å²) in [6.07, 6.45) is 64.5. The second-order valence-corrected chi connectivity index (χ2v) is 19.8. The fourth-order valence-electron chi connectivity index (χ4n) is 6.74. The molecule has 0 aliphatic carbocycles. The van der Waals surface area contributed by atoms with E-state index < -0.39 is 32.5 Å². The summed E-state index contributed by atoms with van der Waals surface area (Å²) in [5, 5.41) is 2.98. The fraction of sp³-hybridized carbons (Fsp3) is 0.621. The number of carbonyl (C=O) groups is 2. The highest BCUT2D eigenvalue weighted by Crippen LogP contribution is 2.38. The van der Waals surface area contributed by atoms with Gasteiger partial charge in [0.25, 0.3) is 7.82 Å². The average Bonchev–Trinajstić information content (AvgIpc) is 3.29. The molecule has 1 N–H and O–H groups in total. The van der Waals surface area contributed by atoms with Crippen molar-refractivity contribution in [1.82, 2.24) is 5.32 Å². The molecule has 0 spiro atoms. The molecule has 0 heterocycles. The maximum atomic E-state index is 13.4. The molecular weight excluding hydrogens is 868 g/mol. The van der Waals surface area contributed by atoms with Crippen molar-refractivity contribution in [3.05, 3.63) is 122 Å². The van der Waals surface area contributed by atoms with Gasteiger partial charge >= 0.3 is 5.97 Å². The van der Waals surface area contributed by atoms with E-state index in [9.17, 15) is 19.0 Å². The first-order valence-electron chi connectivity index (χ1n) is 26.4. The Labute approximate surface area is 416 Å². The van der Waals surface area contributed by atoms with Crippen LogP contribution in [-0.2, 0) is 27.9 Å². The molecule has 0 radical (unpaired) electrons. The predicted molar refractivity (Wildman–Crippen MR) is 288 cm³/mol. The van der Waals surface area contributed by atoms with Crippen molar-refractivity contribution in [1.29, 1.82) is 0 Å². The van der Waals surface area contributed by atoms with E-state index in [1.54, 1.807) is 6.08 Å². The Hall–Kier alpha value is -3.59. The molecule has 0 saturated heterocycles. The standard InChI is InChI=1S/C58H97N2O7P/c1-7-10-13-16-19-22-25-27-29-30-31-33-36-39-42-45-48-51-58(62)67-56(49-46-43-40-37-34-24-21-18-15-12-9-3)55(54-66-68(63,64)65-53-52-60(4,5)6)59-57(61)50-47-44-41-38-35-32-28-26-23-20-17-14-11-8-2/h10-11,13-14,16,19-20,22-23,25,27-33,36,46,49,55-56H,7-9,12,15,17-18,21,24,26,34-35,37-45,47-48,50-54H2,1-6H3,(H-,59,61,63,64)/b13-10-,14-11+,19-16+,23-20+,25-22+,29-27-,31-30+,32-28+,36-33+,49-46+. The molecule has 386 valence electrons. The lowest BCUT2D eigenvalue weighted by molar-refractivity contribution is -0.870. The SMILES string of the molecule is CC\C=C/C=C/C=C/C=C\C=C\C=C\CCCCCC(=O)OC(/C=C/CCCCCCCCCCC)C(COP(=O)([O-])OCC[N+](C)(C)C)NC(=O)CCCCCC/C=C/C/C=C/C/C=C/CC. The zero-order valence-electron chi connectivity index (χ0n) is 43.8. The molecule has 3 atom stereocenters. The van der Waals surface area contributed by atoms with Crippen LogP contribution < -0.4 is 10.2 Å². The van der Waals surface area contributed by atoms with Gasteiger partial charge in [0.1, 0.15) is 19.3 Å². The molecule has 0 aromatic heterocycles. The molecule has 0 aromatic carbocycles. The van der Waals surface area contributed by atoms with Crippen molar-refractivity contribution in [3.63, 3.8) is 0 Å². The first-order valence-corrected chi connectivity index (χ1v) is 27.9.